The SMILES string of the molecule is O=C(CC1NS(=O)(=O)Oc2ccccc21)c1ccccc1. The number of carbonyl (C=O) groups excluding carboxylic acids is 1. The van der Waals surface area contributed by atoms with E-state index in [-0.39, 0.29) is 18.0 Å². The molecule has 0 bridgehead atoms. The maximum atomic E-state index is 12.3. The topological polar surface area (TPSA) is 72.5 Å². The van der Waals surface area contributed by atoms with Crippen LogP contribution in [0.1, 0.15) is 28.4 Å². The molecule has 0 fully saturated rings. The molecule has 0 radical (unpaired) electrons. The molecule has 3 rings (SSSR count). The summed E-state index contributed by atoms with van der Waals surface area (Å²) >= 11 is 0. The smallest absolute Gasteiger partial charge is 0.371 e. The minimum atomic E-state index is -3.88. The molecule has 0 spiro atoms. The van der Waals surface area contributed by atoms with Crippen molar-refractivity contribution in [3.05, 3.63) is 65.7 Å². The Balaban J connectivity index is 1.90. The first-order valence-corrected chi connectivity index (χ1v) is 7.85. The Morgan fingerprint density at radius 2 is 1.71 bits per heavy atom. The molecule has 0 saturated heterocycles. The molecule has 1 aliphatic heterocycles. The van der Waals surface area contributed by atoms with Crippen LogP contribution in [-0.4, -0.2) is 14.2 Å². The van der Waals surface area contributed by atoms with Crippen LogP contribution < -0.4 is 8.91 Å². The number of ketones is 1. The van der Waals surface area contributed by atoms with Crippen LogP contribution in [0.5, 0.6) is 5.75 Å². The van der Waals surface area contributed by atoms with Crippen molar-refractivity contribution in [1.29, 1.82) is 0 Å². The van der Waals surface area contributed by atoms with Gasteiger partial charge in [0.1, 0.15) is 5.75 Å². The van der Waals surface area contributed by atoms with Gasteiger partial charge in [-0.25, -0.2) is 0 Å². The summed E-state index contributed by atoms with van der Waals surface area (Å²) < 4.78 is 30.7. The van der Waals surface area contributed by atoms with Crippen molar-refractivity contribution in [2.45, 2.75) is 12.5 Å². The quantitative estimate of drug-likeness (QED) is 0.883. The average molecular weight is 303 g/mol. The first-order valence-electron chi connectivity index (χ1n) is 6.44. The number of Topliss-reactive ketones (excluding diaryl/α,β-unsaturated/α-hetero) is 1. The van der Waals surface area contributed by atoms with Gasteiger partial charge in [0.15, 0.2) is 5.78 Å². The van der Waals surface area contributed by atoms with E-state index < -0.39 is 16.3 Å². The molecule has 1 heterocycles. The molecule has 2 aromatic carbocycles. The van der Waals surface area contributed by atoms with Crippen LogP contribution in [0.3, 0.4) is 0 Å². The van der Waals surface area contributed by atoms with E-state index in [4.69, 9.17) is 4.18 Å². The summed E-state index contributed by atoms with van der Waals surface area (Å²) in [5.74, 6) is 0.141. The molecule has 0 aromatic heterocycles. The first kappa shape index (κ1) is 13.8. The van der Waals surface area contributed by atoms with E-state index >= 15 is 0 Å². The van der Waals surface area contributed by atoms with Crippen LogP contribution in [-0.2, 0) is 10.3 Å². The molecule has 21 heavy (non-hydrogen) atoms. The fraction of sp³-hybridized carbons (Fsp3) is 0.133. The molecule has 1 N–H and O–H groups in total. The molecule has 2 aromatic rings. The van der Waals surface area contributed by atoms with E-state index in [1.165, 1.54) is 0 Å². The summed E-state index contributed by atoms with van der Waals surface area (Å²) in [5, 5.41) is 0. The highest BCUT2D eigenvalue weighted by atomic mass is 32.2. The first-order chi connectivity index (χ1) is 10.1. The van der Waals surface area contributed by atoms with Gasteiger partial charge in [0, 0.05) is 17.5 Å². The molecule has 1 aliphatic rings. The molecular formula is C15H13NO4S. The fourth-order valence-electron chi connectivity index (χ4n) is 2.30. The number of carbonyl (C=O) groups is 1. The number of fused-ring (bicyclic) bond motifs is 1. The highest BCUT2D eigenvalue weighted by molar-refractivity contribution is 7.85. The molecular weight excluding hydrogens is 290 g/mol. The third-order valence-electron chi connectivity index (χ3n) is 3.27. The van der Waals surface area contributed by atoms with E-state index in [9.17, 15) is 13.2 Å². The number of hydrogen-bond donors (Lipinski definition) is 1. The Morgan fingerprint density at radius 3 is 2.48 bits per heavy atom. The predicted molar refractivity (Wildman–Crippen MR) is 77.3 cm³/mol. The summed E-state index contributed by atoms with van der Waals surface area (Å²) in [6.45, 7) is 0. The zero-order valence-corrected chi connectivity index (χ0v) is 11.8. The molecule has 5 nitrogen and oxygen atoms in total. The Morgan fingerprint density at radius 1 is 1.05 bits per heavy atom. The summed E-state index contributed by atoms with van der Waals surface area (Å²) in [7, 11) is -3.88. The van der Waals surface area contributed by atoms with E-state index in [1.807, 2.05) is 6.07 Å². The normalized spacial score (nSPS) is 19.3. The van der Waals surface area contributed by atoms with Gasteiger partial charge in [-0.15, -0.1) is 0 Å². The van der Waals surface area contributed by atoms with Crippen LogP contribution in [0.2, 0.25) is 0 Å². The minimum absolute atomic E-state index is 0.0453. The van der Waals surface area contributed by atoms with Crippen molar-refractivity contribution in [3.8, 4) is 5.75 Å². The molecule has 1 atom stereocenters. The van der Waals surface area contributed by atoms with Crippen molar-refractivity contribution < 1.29 is 17.4 Å². The maximum Gasteiger partial charge on any atom is 0.383 e. The lowest BCUT2D eigenvalue weighted by atomic mass is 9.98. The van der Waals surface area contributed by atoms with Crippen molar-refractivity contribution in [2.75, 3.05) is 0 Å². The zero-order chi connectivity index (χ0) is 14.9. The van der Waals surface area contributed by atoms with Crippen molar-refractivity contribution in [3.63, 3.8) is 0 Å². The lowest BCUT2D eigenvalue weighted by molar-refractivity contribution is 0.0971. The highest BCUT2D eigenvalue weighted by Crippen LogP contribution is 2.33. The van der Waals surface area contributed by atoms with E-state index in [2.05, 4.69) is 4.72 Å². The second kappa shape index (κ2) is 5.31. The summed E-state index contributed by atoms with van der Waals surface area (Å²) in [6, 6.07) is 15.0. The summed E-state index contributed by atoms with van der Waals surface area (Å²) in [5.41, 5.74) is 1.22. The van der Waals surface area contributed by atoms with Crippen LogP contribution in [0, 0.1) is 0 Å². The standard InChI is InChI=1S/C15H13NO4S/c17-14(11-6-2-1-3-7-11)10-13-12-8-4-5-9-15(12)20-21(18,19)16-13/h1-9,13,16H,10H2. The van der Waals surface area contributed by atoms with E-state index in [0.29, 0.717) is 11.1 Å². The van der Waals surface area contributed by atoms with Gasteiger partial charge in [-0.2, -0.15) is 13.1 Å². The third-order valence-corrected chi connectivity index (χ3v) is 4.24. The molecule has 0 amide bonds. The Labute approximate surface area is 122 Å². The second-order valence-corrected chi connectivity index (χ2v) is 6.05. The summed E-state index contributed by atoms with van der Waals surface area (Å²) in [6.07, 6.45) is 0.0453. The average Bonchev–Trinajstić information content (AvgIpc) is 2.47. The van der Waals surface area contributed by atoms with Crippen molar-refractivity contribution in [1.82, 2.24) is 4.72 Å². The predicted octanol–water partition coefficient (Wildman–Crippen LogP) is 2.23. The number of benzene rings is 2. The number of rotatable bonds is 3. The van der Waals surface area contributed by atoms with Gasteiger partial charge in [0.25, 0.3) is 0 Å². The fourth-order valence-corrected chi connectivity index (χ4v) is 3.30. The molecule has 6 heteroatoms. The Kier molecular flexibility index (Phi) is 3.48. The van der Waals surface area contributed by atoms with E-state index in [1.54, 1.807) is 48.5 Å². The van der Waals surface area contributed by atoms with Gasteiger partial charge in [-0.05, 0) is 6.07 Å². The Hall–Kier alpha value is -2.18. The number of nitrogens with one attached hydrogen (secondary N) is 1. The molecule has 0 aliphatic carbocycles. The number of hydrogen-bond acceptors (Lipinski definition) is 4. The van der Waals surface area contributed by atoms with Gasteiger partial charge >= 0.3 is 10.3 Å². The largest absolute Gasteiger partial charge is 0.383 e. The van der Waals surface area contributed by atoms with Crippen molar-refractivity contribution in [2.24, 2.45) is 0 Å². The van der Waals surface area contributed by atoms with Crippen LogP contribution in [0.4, 0.5) is 0 Å². The van der Waals surface area contributed by atoms with Gasteiger partial charge < -0.3 is 4.18 Å². The second-order valence-electron chi connectivity index (χ2n) is 4.74. The third kappa shape index (κ3) is 2.96. The molecule has 108 valence electrons. The van der Waals surface area contributed by atoms with Gasteiger partial charge in [-0.1, -0.05) is 48.5 Å². The Bertz CT molecular complexity index is 771. The summed E-state index contributed by atoms with van der Waals surface area (Å²) in [4.78, 5) is 12.3. The maximum absolute atomic E-state index is 12.3. The monoisotopic (exact) mass is 303 g/mol. The van der Waals surface area contributed by atoms with E-state index in [0.717, 1.165) is 0 Å². The molecule has 1 unspecified atom stereocenters. The van der Waals surface area contributed by atoms with Gasteiger partial charge in [0.2, 0.25) is 0 Å². The minimum Gasteiger partial charge on any atom is -0.371 e. The lowest BCUT2D eigenvalue weighted by Crippen LogP contribution is -2.37. The van der Waals surface area contributed by atoms with Gasteiger partial charge in [0.05, 0.1) is 6.04 Å². The molecule has 0 saturated carbocycles. The lowest BCUT2D eigenvalue weighted by Gasteiger charge is -2.25. The van der Waals surface area contributed by atoms with Crippen LogP contribution in [0.25, 0.3) is 0 Å². The van der Waals surface area contributed by atoms with Gasteiger partial charge in [-0.3, -0.25) is 4.79 Å². The number of para-hydroxylation sites is 1. The van der Waals surface area contributed by atoms with Crippen LogP contribution in [0.15, 0.2) is 54.6 Å². The van der Waals surface area contributed by atoms with Crippen LogP contribution >= 0.6 is 0 Å². The zero-order valence-electron chi connectivity index (χ0n) is 11.0. The van der Waals surface area contributed by atoms with Crippen molar-refractivity contribution >= 4 is 16.1 Å². The highest BCUT2D eigenvalue weighted by Gasteiger charge is 2.31.